The smallest absolute Gasteiger partial charge is 0.234 e. The van der Waals surface area contributed by atoms with E-state index in [9.17, 15) is 4.79 Å². The third-order valence-electron chi connectivity index (χ3n) is 3.61. The number of piperazine rings is 1. The molecule has 0 saturated carbocycles. The number of anilines is 1. The predicted molar refractivity (Wildman–Crippen MR) is 86.9 cm³/mol. The van der Waals surface area contributed by atoms with Crippen LogP contribution in [0.4, 0.5) is 5.95 Å². The van der Waals surface area contributed by atoms with Gasteiger partial charge in [-0.3, -0.25) is 9.69 Å². The van der Waals surface area contributed by atoms with Gasteiger partial charge in [-0.05, 0) is 17.5 Å². The zero-order valence-electron chi connectivity index (χ0n) is 12.3. The molecule has 0 aromatic carbocycles. The van der Waals surface area contributed by atoms with Crippen LogP contribution >= 0.6 is 11.3 Å². The van der Waals surface area contributed by atoms with E-state index in [-0.39, 0.29) is 5.91 Å². The number of hydrogen-bond donors (Lipinski definition) is 1. The Bertz CT molecular complexity index is 581. The number of aromatic nitrogens is 2. The molecule has 1 saturated heterocycles. The molecule has 1 fully saturated rings. The van der Waals surface area contributed by atoms with Gasteiger partial charge in [-0.15, -0.1) is 11.3 Å². The number of nitrogens with one attached hydrogen (secondary N) is 1. The lowest BCUT2D eigenvalue weighted by atomic mass is 10.3. The summed E-state index contributed by atoms with van der Waals surface area (Å²) in [5, 5.41) is 4.99. The number of amides is 1. The van der Waals surface area contributed by atoms with Crippen LogP contribution in [-0.2, 0) is 11.3 Å². The molecule has 1 aliphatic heterocycles. The Kier molecular flexibility index (Phi) is 4.97. The van der Waals surface area contributed by atoms with Gasteiger partial charge in [0, 0.05) is 43.4 Å². The van der Waals surface area contributed by atoms with Crippen molar-refractivity contribution in [2.75, 3.05) is 37.6 Å². The number of thiophene rings is 1. The first kappa shape index (κ1) is 14.9. The minimum absolute atomic E-state index is 0.0813. The molecule has 0 bridgehead atoms. The van der Waals surface area contributed by atoms with Crippen LogP contribution in [0.25, 0.3) is 0 Å². The maximum Gasteiger partial charge on any atom is 0.234 e. The van der Waals surface area contributed by atoms with Crippen molar-refractivity contribution in [1.29, 1.82) is 0 Å². The Labute approximate surface area is 133 Å². The molecule has 7 heteroatoms. The second kappa shape index (κ2) is 7.33. The zero-order chi connectivity index (χ0) is 15.2. The van der Waals surface area contributed by atoms with Gasteiger partial charge in [-0.25, -0.2) is 9.97 Å². The fraction of sp³-hybridized carbons (Fsp3) is 0.400. The van der Waals surface area contributed by atoms with Gasteiger partial charge in [0.2, 0.25) is 11.9 Å². The molecule has 116 valence electrons. The van der Waals surface area contributed by atoms with Gasteiger partial charge in [-0.2, -0.15) is 0 Å². The van der Waals surface area contributed by atoms with Gasteiger partial charge < -0.3 is 10.2 Å². The monoisotopic (exact) mass is 317 g/mol. The van der Waals surface area contributed by atoms with Crippen LogP contribution in [0.3, 0.4) is 0 Å². The minimum atomic E-state index is 0.0813. The van der Waals surface area contributed by atoms with Crippen molar-refractivity contribution in [3.05, 3.63) is 40.8 Å². The Morgan fingerprint density at radius 2 is 1.95 bits per heavy atom. The maximum atomic E-state index is 12.0. The van der Waals surface area contributed by atoms with E-state index in [2.05, 4.69) is 25.1 Å². The van der Waals surface area contributed by atoms with Crippen LogP contribution in [0.2, 0.25) is 0 Å². The molecule has 0 radical (unpaired) electrons. The van der Waals surface area contributed by atoms with Crippen molar-refractivity contribution in [3.8, 4) is 0 Å². The summed E-state index contributed by atoms with van der Waals surface area (Å²) in [6.45, 7) is 4.48. The van der Waals surface area contributed by atoms with Crippen molar-refractivity contribution >= 4 is 23.2 Å². The molecule has 3 rings (SSSR count). The first-order chi connectivity index (χ1) is 10.8. The average Bonchev–Trinajstić information content (AvgIpc) is 3.08. The van der Waals surface area contributed by atoms with E-state index >= 15 is 0 Å². The van der Waals surface area contributed by atoms with Crippen LogP contribution < -0.4 is 10.2 Å². The minimum Gasteiger partial charge on any atom is -0.350 e. The molecular formula is C15H19N5OS. The SMILES string of the molecule is O=C(CN1CCN(c2ncccn2)CC1)NCc1cccs1. The fourth-order valence-corrected chi connectivity index (χ4v) is 3.06. The summed E-state index contributed by atoms with van der Waals surface area (Å²) in [6, 6.07) is 5.85. The van der Waals surface area contributed by atoms with Gasteiger partial charge in [0.15, 0.2) is 0 Å². The van der Waals surface area contributed by atoms with Crippen molar-refractivity contribution in [2.45, 2.75) is 6.54 Å². The van der Waals surface area contributed by atoms with E-state index in [4.69, 9.17) is 0 Å². The lowest BCUT2D eigenvalue weighted by molar-refractivity contribution is -0.122. The zero-order valence-corrected chi connectivity index (χ0v) is 13.1. The lowest BCUT2D eigenvalue weighted by Crippen LogP contribution is -2.49. The summed E-state index contributed by atoms with van der Waals surface area (Å²) in [5.74, 6) is 0.849. The molecule has 1 N–H and O–H groups in total. The van der Waals surface area contributed by atoms with Crippen LogP contribution in [0.15, 0.2) is 36.0 Å². The quantitative estimate of drug-likeness (QED) is 0.891. The number of carbonyl (C=O) groups excluding carboxylic acids is 1. The highest BCUT2D eigenvalue weighted by molar-refractivity contribution is 7.09. The first-order valence-electron chi connectivity index (χ1n) is 7.34. The Hall–Kier alpha value is -1.99. The maximum absolute atomic E-state index is 12.0. The van der Waals surface area contributed by atoms with Crippen LogP contribution in [0.5, 0.6) is 0 Å². The van der Waals surface area contributed by atoms with Gasteiger partial charge in [0.25, 0.3) is 0 Å². The molecule has 0 atom stereocenters. The van der Waals surface area contributed by atoms with E-state index in [0.29, 0.717) is 13.1 Å². The van der Waals surface area contributed by atoms with E-state index < -0.39 is 0 Å². The molecule has 0 spiro atoms. The second-order valence-electron chi connectivity index (χ2n) is 5.17. The molecule has 0 unspecified atom stereocenters. The fourth-order valence-electron chi connectivity index (χ4n) is 2.42. The summed E-state index contributed by atoms with van der Waals surface area (Å²) >= 11 is 1.66. The van der Waals surface area contributed by atoms with E-state index in [1.54, 1.807) is 23.7 Å². The highest BCUT2D eigenvalue weighted by Gasteiger charge is 2.20. The normalized spacial score (nSPS) is 15.7. The third-order valence-corrected chi connectivity index (χ3v) is 4.49. The molecule has 1 amide bonds. The molecule has 1 aliphatic rings. The van der Waals surface area contributed by atoms with Gasteiger partial charge in [0.1, 0.15) is 0 Å². The van der Waals surface area contributed by atoms with Crippen molar-refractivity contribution in [2.24, 2.45) is 0 Å². The van der Waals surface area contributed by atoms with Crippen LogP contribution in [-0.4, -0.2) is 53.5 Å². The third kappa shape index (κ3) is 4.02. The largest absolute Gasteiger partial charge is 0.350 e. The summed E-state index contributed by atoms with van der Waals surface area (Å²) < 4.78 is 0. The van der Waals surface area contributed by atoms with Crippen LogP contribution in [0.1, 0.15) is 4.88 Å². The van der Waals surface area contributed by atoms with Gasteiger partial charge in [-0.1, -0.05) is 6.07 Å². The molecule has 2 aromatic rings. The molecule has 22 heavy (non-hydrogen) atoms. The Morgan fingerprint density at radius 3 is 2.64 bits per heavy atom. The summed E-state index contributed by atoms with van der Waals surface area (Å²) in [5.41, 5.74) is 0. The second-order valence-corrected chi connectivity index (χ2v) is 6.20. The van der Waals surface area contributed by atoms with Crippen molar-refractivity contribution in [1.82, 2.24) is 20.2 Å². The van der Waals surface area contributed by atoms with Crippen molar-refractivity contribution in [3.63, 3.8) is 0 Å². The van der Waals surface area contributed by atoms with E-state index in [1.165, 1.54) is 4.88 Å². The highest BCUT2D eigenvalue weighted by atomic mass is 32.1. The molecule has 0 aliphatic carbocycles. The standard InChI is InChI=1S/C15H19N5OS/c21-14(18-11-13-3-1-10-22-13)12-19-6-8-20(9-7-19)15-16-4-2-5-17-15/h1-5,10H,6-9,11-12H2,(H,18,21). The topological polar surface area (TPSA) is 61.4 Å². The summed E-state index contributed by atoms with van der Waals surface area (Å²) in [6.07, 6.45) is 3.51. The average molecular weight is 317 g/mol. The number of nitrogens with zero attached hydrogens (tertiary/aromatic N) is 4. The van der Waals surface area contributed by atoms with Gasteiger partial charge >= 0.3 is 0 Å². The molecule has 6 nitrogen and oxygen atoms in total. The number of hydrogen-bond acceptors (Lipinski definition) is 6. The van der Waals surface area contributed by atoms with Crippen molar-refractivity contribution < 1.29 is 4.79 Å². The summed E-state index contributed by atoms with van der Waals surface area (Å²) in [7, 11) is 0. The van der Waals surface area contributed by atoms with Gasteiger partial charge in [0.05, 0.1) is 13.1 Å². The molecule has 2 aromatic heterocycles. The van der Waals surface area contributed by atoms with E-state index in [0.717, 1.165) is 32.1 Å². The Morgan fingerprint density at radius 1 is 1.18 bits per heavy atom. The van der Waals surface area contributed by atoms with Crippen LogP contribution in [0, 0.1) is 0 Å². The lowest BCUT2D eigenvalue weighted by Gasteiger charge is -2.34. The molecular weight excluding hydrogens is 298 g/mol. The molecule has 3 heterocycles. The number of carbonyl (C=O) groups is 1. The summed E-state index contributed by atoms with van der Waals surface area (Å²) in [4.78, 5) is 26.0. The first-order valence-corrected chi connectivity index (χ1v) is 8.22. The predicted octanol–water partition coefficient (Wildman–Crippen LogP) is 0.977. The van der Waals surface area contributed by atoms with E-state index in [1.807, 2.05) is 23.6 Å². The number of rotatable bonds is 5. The highest BCUT2D eigenvalue weighted by Crippen LogP contribution is 2.10. The Balaban J connectivity index is 1.41.